The molecular weight excluding hydrogens is 202 g/mol. The van der Waals surface area contributed by atoms with Crippen LogP contribution in [0.4, 0.5) is 5.88 Å². The molecule has 3 nitrogen and oxygen atoms in total. The van der Waals surface area contributed by atoms with Gasteiger partial charge >= 0.3 is 0 Å². The lowest BCUT2D eigenvalue weighted by Gasteiger charge is -2.17. The zero-order chi connectivity index (χ0) is 10.7. The van der Waals surface area contributed by atoms with E-state index in [1.165, 1.54) is 6.92 Å². The van der Waals surface area contributed by atoms with E-state index < -0.39 is 0 Å². The van der Waals surface area contributed by atoms with Gasteiger partial charge in [0.05, 0.1) is 0 Å². The Kier molecular flexibility index (Phi) is 3.58. The predicted octanol–water partition coefficient (Wildman–Crippen LogP) is 2.98. The van der Waals surface area contributed by atoms with Crippen LogP contribution in [0.25, 0.3) is 0 Å². The minimum atomic E-state index is -0.106. The number of rotatable bonds is 4. The van der Waals surface area contributed by atoms with Gasteiger partial charge in [-0.1, -0.05) is 11.6 Å². The highest BCUT2D eigenvalue weighted by Gasteiger charge is 2.16. The number of hydrogen-bond donors (Lipinski definition) is 0. The van der Waals surface area contributed by atoms with Crippen LogP contribution >= 0.6 is 11.6 Å². The summed E-state index contributed by atoms with van der Waals surface area (Å²) in [5.41, 5.74) is 0. The van der Waals surface area contributed by atoms with Crippen LogP contribution in [-0.2, 0) is 0 Å². The van der Waals surface area contributed by atoms with E-state index in [1.807, 2.05) is 18.7 Å². The highest BCUT2D eigenvalue weighted by Crippen LogP contribution is 2.29. The lowest BCUT2D eigenvalue weighted by Crippen LogP contribution is -2.21. The van der Waals surface area contributed by atoms with E-state index in [1.54, 1.807) is 6.07 Å². The first-order valence-corrected chi connectivity index (χ1v) is 5.03. The smallest absolute Gasteiger partial charge is 0.215 e. The Labute approximate surface area is 88.6 Å². The Morgan fingerprint density at radius 3 is 2.43 bits per heavy atom. The third-order valence-corrected chi connectivity index (χ3v) is 2.34. The van der Waals surface area contributed by atoms with E-state index in [4.69, 9.17) is 16.0 Å². The zero-order valence-electron chi connectivity index (χ0n) is 8.63. The maximum atomic E-state index is 11.0. The summed E-state index contributed by atoms with van der Waals surface area (Å²) in [5.74, 6) is 0.795. The Hall–Kier alpha value is -0.960. The molecule has 0 bridgehead atoms. The van der Waals surface area contributed by atoms with Gasteiger partial charge in [-0.15, -0.1) is 0 Å². The Morgan fingerprint density at radius 1 is 1.50 bits per heavy atom. The van der Waals surface area contributed by atoms with E-state index in [9.17, 15) is 4.79 Å². The summed E-state index contributed by atoms with van der Waals surface area (Å²) in [7, 11) is 0. The first kappa shape index (κ1) is 11.1. The van der Waals surface area contributed by atoms with Crippen molar-refractivity contribution < 1.29 is 9.21 Å². The van der Waals surface area contributed by atoms with Crippen LogP contribution in [0.1, 0.15) is 31.3 Å². The van der Waals surface area contributed by atoms with E-state index in [-0.39, 0.29) is 5.78 Å². The number of carbonyl (C=O) groups excluding carboxylic acids is 1. The lowest BCUT2D eigenvalue weighted by molar-refractivity contribution is 0.0988. The molecule has 0 N–H and O–H groups in total. The molecule has 1 heterocycles. The number of ketones is 1. The second kappa shape index (κ2) is 4.51. The molecule has 4 heteroatoms. The Morgan fingerprint density at radius 2 is 2.07 bits per heavy atom. The third kappa shape index (κ3) is 2.10. The van der Waals surface area contributed by atoms with Gasteiger partial charge in [0.1, 0.15) is 5.02 Å². The highest BCUT2D eigenvalue weighted by atomic mass is 35.5. The number of nitrogens with zero attached hydrogens (tertiary/aromatic N) is 1. The maximum absolute atomic E-state index is 11.0. The van der Waals surface area contributed by atoms with Crippen LogP contribution < -0.4 is 4.90 Å². The summed E-state index contributed by atoms with van der Waals surface area (Å²) >= 11 is 5.95. The number of anilines is 1. The molecule has 14 heavy (non-hydrogen) atoms. The van der Waals surface area contributed by atoms with E-state index in [2.05, 4.69) is 0 Å². The predicted molar refractivity (Wildman–Crippen MR) is 57.3 cm³/mol. The zero-order valence-corrected chi connectivity index (χ0v) is 9.39. The molecule has 0 aromatic carbocycles. The SMILES string of the molecule is CCN(CC)c1oc(C(C)=O)cc1Cl. The van der Waals surface area contributed by atoms with Crippen LogP contribution in [0.15, 0.2) is 10.5 Å². The second-order valence-corrected chi connectivity index (χ2v) is 3.40. The molecule has 1 rings (SSSR count). The Balaban J connectivity index is 3.02. The average Bonchev–Trinajstić information content (AvgIpc) is 2.51. The molecule has 1 aromatic rings. The van der Waals surface area contributed by atoms with Gasteiger partial charge in [0.2, 0.25) is 5.88 Å². The highest BCUT2D eigenvalue weighted by molar-refractivity contribution is 6.33. The molecule has 0 atom stereocenters. The van der Waals surface area contributed by atoms with Crippen molar-refractivity contribution in [3.8, 4) is 0 Å². The van der Waals surface area contributed by atoms with Gasteiger partial charge in [-0.05, 0) is 13.8 Å². The Bertz CT molecular complexity index is 329. The quantitative estimate of drug-likeness (QED) is 0.724. The van der Waals surface area contributed by atoms with Crippen molar-refractivity contribution in [2.24, 2.45) is 0 Å². The largest absolute Gasteiger partial charge is 0.436 e. The van der Waals surface area contributed by atoms with Gasteiger partial charge in [0, 0.05) is 26.1 Å². The van der Waals surface area contributed by atoms with Crippen LogP contribution in [-0.4, -0.2) is 18.9 Å². The minimum absolute atomic E-state index is 0.106. The molecule has 0 saturated carbocycles. The summed E-state index contributed by atoms with van der Waals surface area (Å²) in [5, 5.41) is 0.499. The van der Waals surface area contributed by atoms with E-state index in [0.717, 1.165) is 13.1 Å². The topological polar surface area (TPSA) is 33.5 Å². The third-order valence-electron chi connectivity index (χ3n) is 2.07. The molecule has 0 amide bonds. The first-order valence-electron chi connectivity index (χ1n) is 4.65. The van der Waals surface area contributed by atoms with Gasteiger partial charge < -0.3 is 9.32 Å². The van der Waals surface area contributed by atoms with Crippen molar-refractivity contribution in [3.05, 3.63) is 16.8 Å². The summed E-state index contributed by atoms with van der Waals surface area (Å²) in [6, 6.07) is 1.57. The number of furan rings is 1. The fraction of sp³-hybridized carbons (Fsp3) is 0.500. The fourth-order valence-electron chi connectivity index (χ4n) is 1.26. The molecular formula is C10H14ClNO2. The summed E-state index contributed by atoms with van der Waals surface area (Å²) < 4.78 is 5.36. The molecule has 78 valence electrons. The molecule has 0 aliphatic carbocycles. The lowest BCUT2D eigenvalue weighted by atomic mass is 10.3. The van der Waals surface area contributed by atoms with Crippen molar-refractivity contribution in [2.45, 2.75) is 20.8 Å². The molecule has 0 aliphatic rings. The molecule has 0 fully saturated rings. The number of halogens is 1. The van der Waals surface area contributed by atoms with Gasteiger partial charge in [-0.3, -0.25) is 4.79 Å². The van der Waals surface area contributed by atoms with Crippen molar-refractivity contribution in [2.75, 3.05) is 18.0 Å². The summed E-state index contributed by atoms with van der Waals surface area (Å²) in [6.45, 7) is 7.09. The van der Waals surface area contributed by atoms with Gasteiger partial charge in [-0.2, -0.15) is 0 Å². The molecule has 0 aliphatic heterocycles. The van der Waals surface area contributed by atoms with Crippen molar-refractivity contribution in [1.29, 1.82) is 0 Å². The molecule has 0 unspecified atom stereocenters. The van der Waals surface area contributed by atoms with Gasteiger partial charge in [0.15, 0.2) is 11.5 Å². The number of carbonyl (C=O) groups is 1. The van der Waals surface area contributed by atoms with E-state index >= 15 is 0 Å². The molecule has 0 spiro atoms. The second-order valence-electron chi connectivity index (χ2n) is 2.99. The molecule has 1 aromatic heterocycles. The van der Waals surface area contributed by atoms with Crippen LogP contribution in [0, 0.1) is 0 Å². The fourth-order valence-corrected chi connectivity index (χ4v) is 1.52. The van der Waals surface area contributed by atoms with Crippen LogP contribution in [0.5, 0.6) is 0 Å². The summed E-state index contributed by atoms with van der Waals surface area (Å²) in [4.78, 5) is 13.0. The van der Waals surface area contributed by atoms with Crippen molar-refractivity contribution in [1.82, 2.24) is 0 Å². The average molecular weight is 216 g/mol. The number of Topliss-reactive ketones (excluding diaryl/α,β-unsaturated/α-hetero) is 1. The summed E-state index contributed by atoms with van der Waals surface area (Å²) in [6.07, 6.45) is 0. The van der Waals surface area contributed by atoms with Gasteiger partial charge in [0.25, 0.3) is 0 Å². The molecule has 0 saturated heterocycles. The molecule has 0 radical (unpaired) electrons. The standard InChI is InChI=1S/C10H14ClNO2/c1-4-12(5-2)10-8(11)6-9(14-10)7(3)13/h6H,4-5H2,1-3H3. The van der Waals surface area contributed by atoms with Crippen LogP contribution in [0.3, 0.4) is 0 Å². The minimum Gasteiger partial charge on any atom is -0.436 e. The number of hydrogen-bond acceptors (Lipinski definition) is 3. The van der Waals surface area contributed by atoms with E-state index in [0.29, 0.717) is 16.7 Å². The van der Waals surface area contributed by atoms with Crippen molar-refractivity contribution in [3.63, 3.8) is 0 Å². The van der Waals surface area contributed by atoms with Crippen molar-refractivity contribution >= 4 is 23.3 Å². The monoisotopic (exact) mass is 215 g/mol. The normalized spacial score (nSPS) is 10.3. The van der Waals surface area contributed by atoms with Crippen LogP contribution in [0.2, 0.25) is 5.02 Å². The first-order chi connectivity index (χ1) is 6.60. The van der Waals surface area contributed by atoms with Gasteiger partial charge in [-0.25, -0.2) is 0 Å². The maximum Gasteiger partial charge on any atom is 0.215 e.